The molecule has 2 rings (SSSR count). The van der Waals surface area contributed by atoms with E-state index in [2.05, 4.69) is 10.8 Å². The number of aliphatic carboxylic acids is 1. The summed E-state index contributed by atoms with van der Waals surface area (Å²) < 4.78 is 0. The van der Waals surface area contributed by atoms with Gasteiger partial charge in [-0.15, -0.1) is 12.4 Å². The highest BCUT2D eigenvalue weighted by Gasteiger charge is 2.37. The van der Waals surface area contributed by atoms with Gasteiger partial charge in [0.1, 0.15) is 11.3 Å². The monoisotopic (exact) mass is 220 g/mol. The fourth-order valence-electron chi connectivity index (χ4n) is 1.70. The Kier molecular flexibility index (Phi) is 3.36. The van der Waals surface area contributed by atoms with E-state index in [9.17, 15) is 4.79 Å². The Morgan fingerprint density at radius 3 is 2.93 bits per heavy atom. The van der Waals surface area contributed by atoms with Gasteiger partial charge >= 0.3 is 5.97 Å². The number of hydrogen-bond acceptors (Lipinski definition) is 4. The molecule has 0 radical (unpaired) electrons. The summed E-state index contributed by atoms with van der Waals surface area (Å²) in [6.07, 6.45) is 3.52. The molecular weight excluding hydrogens is 208 g/mol. The molecule has 1 saturated heterocycles. The minimum absolute atomic E-state index is 0. The van der Waals surface area contributed by atoms with Crippen LogP contribution in [-0.2, 0) is 9.63 Å². The van der Waals surface area contributed by atoms with Crippen LogP contribution in [0, 0.1) is 0 Å². The molecule has 1 atom stereocenters. The predicted octanol–water partition coefficient (Wildman–Crippen LogP) is 0.0337. The second-order valence-electron chi connectivity index (χ2n) is 3.41. The van der Waals surface area contributed by atoms with Crippen LogP contribution in [0.2, 0.25) is 0 Å². The fourth-order valence-corrected chi connectivity index (χ4v) is 1.70. The molecule has 0 aromatic carbocycles. The van der Waals surface area contributed by atoms with Gasteiger partial charge in [-0.2, -0.15) is 0 Å². The summed E-state index contributed by atoms with van der Waals surface area (Å²) in [5, 5.41) is 11.9. The average Bonchev–Trinajstić information content (AvgIpc) is 2.51. The molecule has 5 nitrogen and oxygen atoms in total. The van der Waals surface area contributed by atoms with Gasteiger partial charge in [-0.05, 0) is 25.5 Å². The van der Waals surface area contributed by atoms with Gasteiger partial charge in [0.15, 0.2) is 0 Å². The zero-order valence-corrected chi connectivity index (χ0v) is 8.39. The first-order chi connectivity index (χ1) is 6.22. The van der Waals surface area contributed by atoms with Gasteiger partial charge < -0.3 is 10.4 Å². The second kappa shape index (κ2) is 4.16. The molecule has 14 heavy (non-hydrogen) atoms. The first kappa shape index (κ1) is 11.3. The van der Waals surface area contributed by atoms with Crippen molar-refractivity contribution >= 4 is 18.4 Å². The van der Waals surface area contributed by atoms with Crippen LogP contribution >= 0.6 is 12.4 Å². The number of rotatable bonds is 1. The second-order valence-corrected chi connectivity index (χ2v) is 3.41. The zero-order valence-electron chi connectivity index (χ0n) is 7.58. The Bertz CT molecular complexity index is 261. The Balaban J connectivity index is 0.000000980. The molecule has 0 aromatic heterocycles. The average molecular weight is 221 g/mol. The van der Waals surface area contributed by atoms with Crippen molar-refractivity contribution in [3.05, 3.63) is 11.8 Å². The molecule has 1 unspecified atom stereocenters. The van der Waals surface area contributed by atoms with Gasteiger partial charge in [-0.1, -0.05) is 0 Å². The van der Waals surface area contributed by atoms with Gasteiger partial charge in [0.2, 0.25) is 0 Å². The summed E-state index contributed by atoms with van der Waals surface area (Å²) in [5.41, 5.74) is 2.14. The lowest BCUT2D eigenvalue weighted by Crippen LogP contribution is -2.45. The van der Waals surface area contributed by atoms with Crippen molar-refractivity contribution in [3.8, 4) is 0 Å². The van der Waals surface area contributed by atoms with E-state index in [1.165, 1.54) is 0 Å². The molecule has 0 bridgehead atoms. The first-order valence-electron chi connectivity index (χ1n) is 4.33. The highest BCUT2D eigenvalue weighted by molar-refractivity contribution is 5.86. The Hall–Kier alpha value is -0.780. The van der Waals surface area contributed by atoms with Crippen LogP contribution in [0.3, 0.4) is 0 Å². The number of carboxylic acids is 1. The number of piperidine rings is 1. The first-order valence-corrected chi connectivity index (χ1v) is 4.33. The summed E-state index contributed by atoms with van der Waals surface area (Å²) in [7, 11) is 0. The van der Waals surface area contributed by atoms with E-state index in [0.717, 1.165) is 19.4 Å². The van der Waals surface area contributed by atoms with E-state index in [4.69, 9.17) is 9.94 Å². The van der Waals surface area contributed by atoms with Crippen molar-refractivity contribution in [2.45, 2.75) is 18.4 Å². The third kappa shape index (κ3) is 2.00. The molecule has 1 spiro atoms. The van der Waals surface area contributed by atoms with Crippen LogP contribution in [-0.4, -0.2) is 29.8 Å². The molecule has 0 saturated carbocycles. The lowest BCUT2D eigenvalue weighted by molar-refractivity contribution is -0.134. The summed E-state index contributed by atoms with van der Waals surface area (Å²) in [4.78, 5) is 15.9. The zero-order chi connectivity index (χ0) is 9.31. The van der Waals surface area contributed by atoms with Crippen LogP contribution in [0.5, 0.6) is 0 Å². The summed E-state index contributed by atoms with van der Waals surface area (Å²) in [5.74, 6) is -0.970. The summed E-state index contributed by atoms with van der Waals surface area (Å²) >= 11 is 0. The van der Waals surface area contributed by atoms with Crippen molar-refractivity contribution in [3.63, 3.8) is 0 Å². The number of hydrogen-bond donors (Lipinski definition) is 3. The smallest absolute Gasteiger partial charge is 0.354 e. The molecule has 6 heteroatoms. The van der Waals surface area contributed by atoms with E-state index < -0.39 is 11.6 Å². The van der Waals surface area contributed by atoms with Crippen molar-refractivity contribution in [1.82, 2.24) is 10.8 Å². The van der Waals surface area contributed by atoms with Gasteiger partial charge in [0, 0.05) is 6.54 Å². The summed E-state index contributed by atoms with van der Waals surface area (Å²) in [6.45, 7) is 1.65. The van der Waals surface area contributed by atoms with E-state index in [0.29, 0.717) is 6.54 Å². The fraction of sp³-hybridized carbons (Fsp3) is 0.625. The molecule has 2 aliphatic heterocycles. The quantitative estimate of drug-likeness (QED) is 0.582. The van der Waals surface area contributed by atoms with Gasteiger partial charge in [0.05, 0.1) is 0 Å². The highest BCUT2D eigenvalue weighted by atomic mass is 35.5. The molecule has 3 N–H and O–H groups in total. The Labute approximate surface area is 87.9 Å². The van der Waals surface area contributed by atoms with E-state index in [-0.39, 0.29) is 18.1 Å². The van der Waals surface area contributed by atoms with Crippen molar-refractivity contribution in [1.29, 1.82) is 0 Å². The minimum atomic E-state index is -0.970. The Morgan fingerprint density at radius 2 is 2.43 bits per heavy atom. The maximum Gasteiger partial charge on any atom is 0.354 e. The lowest BCUT2D eigenvalue weighted by Gasteiger charge is -2.29. The van der Waals surface area contributed by atoms with Crippen molar-refractivity contribution in [2.24, 2.45) is 0 Å². The topological polar surface area (TPSA) is 70.6 Å². The molecule has 1 fully saturated rings. The number of nitrogens with one attached hydrogen (secondary N) is 2. The van der Waals surface area contributed by atoms with Crippen LogP contribution in [0.4, 0.5) is 0 Å². The largest absolute Gasteiger partial charge is 0.477 e. The molecule has 2 heterocycles. The lowest BCUT2D eigenvalue weighted by atomic mass is 9.94. The minimum Gasteiger partial charge on any atom is -0.477 e. The van der Waals surface area contributed by atoms with Crippen LogP contribution in [0.15, 0.2) is 11.8 Å². The molecule has 0 aromatic rings. The van der Waals surface area contributed by atoms with Crippen molar-refractivity contribution < 1.29 is 14.7 Å². The normalized spacial score (nSPS) is 30.4. The van der Waals surface area contributed by atoms with E-state index >= 15 is 0 Å². The number of halogens is 1. The maximum absolute atomic E-state index is 10.6. The van der Waals surface area contributed by atoms with E-state index in [1.54, 1.807) is 6.08 Å². The van der Waals surface area contributed by atoms with Crippen LogP contribution in [0.25, 0.3) is 0 Å². The Morgan fingerprint density at radius 1 is 1.64 bits per heavy atom. The van der Waals surface area contributed by atoms with Crippen LogP contribution < -0.4 is 10.8 Å². The third-order valence-electron chi connectivity index (χ3n) is 2.38. The predicted molar refractivity (Wildman–Crippen MR) is 52.0 cm³/mol. The SMILES string of the molecule is Cl.O=C(O)C1=CC2(CCCNC2)ON1. The highest BCUT2D eigenvalue weighted by Crippen LogP contribution is 2.26. The number of hydroxylamine groups is 1. The molecule has 2 aliphatic rings. The van der Waals surface area contributed by atoms with Gasteiger partial charge in [-0.3, -0.25) is 10.3 Å². The number of carbonyl (C=O) groups is 1. The van der Waals surface area contributed by atoms with Gasteiger partial charge in [-0.25, -0.2) is 4.79 Å². The summed E-state index contributed by atoms with van der Waals surface area (Å²) in [6, 6.07) is 0. The van der Waals surface area contributed by atoms with E-state index in [1.807, 2.05) is 0 Å². The molecule has 0 aliphatic carbocycles. The molecule has 0 amide bonds. The van der Waals surface area contributed by atoms with Gasteiger partial charge in [0.25, 0.3) is 0 Å². The van der Waals surface area contributed by atoms with Crippen molar-refractivity contribution in [2.75, 3.05) is 13.1 Å². The molecular formula is C8H13ClN2O3. The maximum atomic E-state index is 10.6. The molecule has 80 valence electrons. The standard InChI is InChI=1S/C8H12N2O3.ClH/c11-7(12)6-4-8(13-10-6)2-1-3-9-5-8;/h4,9-10H,1-3,5H2,(H,11,12);1H. The third-order valence-corrected chi connectivity index (χ3v) is 2.38. The van der Waals surface area contributed by atoms with Crippen LogP contribution in [0.1, 0.15) is 12.8 Å². The number of carboxylic acid groups (broad SMARTS) is 1.